The van der Waals surface area contributed by atoms with Gasteiger partial charge in [-0.3, -0.25) is 19.0 Å². The van der Waals surface area contributed by atoms with Crippen molar-refractivity contribution in [2.45, 2.75) is 26.2 Å². The van der Waals surface area contributed by atoms with Crippen molar-refractivity contribution >= 4 is 57.4 Å². The number of aryl methyl sites for hydroxylation is 1. The van der Waals surface area contributed by atoms with Crippen LogP contribution in [0.15, 0.2) is 36.4 Å². The number of amides is 1. The van der Waals surface area contributed by atoms with Gasteiger partial charge in [-0.2, -0.15) is 0 Å². The van der Waals surface area contributed by atoms with E-state index < -0.39 is 0 Å². The number of ketones is 1. The molecule has 1 aromatic carbocycles. The first-order chi connectivity index (χ1) is 13.8. The first-order valence-corrected chi connectivity index (χ1v) is 9.90. The Balaban J connectivity index is 1.64. The summed E-state index contributed by atoms with van der Waals surface area (Å²) in [6.45, 7) is 1.82. The smallest absolute Gasteiger partial charge is 0.262 e. The van der Waals surface area contributed by atoms with Gasteiger partial charge in [-0.1, -0.05) is 23.2 Å². The van der Waals surface area contributed by atoms with Crippen LogP contribution in [-0.2, 0) is 9.59 Å². The number of Topliss-reactive ketones (excluding diaryl/α,β-unsaturated/α-hetero) is 1. The second-order valence-corrected chi connectivity index (χ2v) is 7.94. The van der Waals surface area contributed by atoms with Gasteiger partial charge in [0.15, 0.2) is 0 Å². The van der Waals surface area contributed by atoms with Gasteiger partial charge in [-0.15, -0.1) is 0 Å². The monoisotopic (exact) mass is 429 g/mol. The molecule has 0 saturated heterocycles. The lowest BCUT2D eigenvalue weighted by molar-refractivity contribution is -0.122. The van der Waals surface area contributed by atoms with Gasteiger partial charge in [0.25, 0.3) is 5.91 Å². The fourth-order valence-corrected chi connectivity index (χ4v) is 4.16. The number of nitrogens with zero attached hydrogens (tertiary/aromatic N) is 2. The topological polar surface area (TPSA) is 81.1 Å². The van der Waals surface area contributed by atoms with Gasteiger partial charge in [-0.05, 0) is 49.7 Å². The standard InChI is InChI=1S/C21H17Cl2N3O3/c1-11-6-13-7-15(24-20(28)12-2-4-16(27)8-12)3-5-17(13)26(11)21(29)14-9-18(22)25-19(23)10-14/h3,5-7,9-10,12H,2,4,8H2,1H3,(H,24,28). The Morgan fingerprint density at radius 1 is 1.14 bits per heavy atom. The number of halogens is 2. The molecule has 1 fully saturated rings. The predicted molar refractivity (Wildman–Crippen MR) is 112 cm³/mol. The van der Waals surface area contributed by atoms with Crippen molar-refractivity contribution in [3.05, 3.63) is 58.0 Å². The van der Waals surface area contributed by atoms with E-state index in [0.717, 1.165) is 11.1 Å². The van der Waals surface area contributed by atoms with Crippen LogP contribution in [0.1, 0.15) is 35.3 Å². The van der Waals surface area contributed by atoms with Crippen LogP contribution in [0.2, 0.25) is 10.3 Å². The summed E-state index contributed by atoms with van der Waals surface area (Å²) in [7, 11) is 0. The summed E-state index contributed by atoms with van der Waals surface area (Å²) in [6, 6.07) is 10.1. The lowest BCUT2D eigenvalue weighted by Gasteiger charge is -2.11. The summed E-state index contributed by atoms with van der Waals surface area (Å²) in [4.78, 5) is 40.7. The maximum Gasteiger partial charge on any atom is 0.262 e. The molecule has 4 rings (SSSR count). The quantitative estimate of drug-likeness (QED) is 0.614. The van der Waals surface area contributed by atoms with E-state index in [1.54, 1.807) is 16.7 Å². The minimum absolute atomic E-state index is 0.128. The van der Waals surface area contributed by atoms with Gasteiger partial charge in [-0.25, -0.2) is 4.98 Å². The highest BCUT2D eigenvalue weighted by Crippen LogP contribution is 2.27. The Hall–Kier alpha value is -2.70. The average Bonchev–Trinajstić information content (AvgIpc) is 3.22. The largest absolute Gasteiger partial charge is 0.326 e. The van der Waals surface area contributed by atoms with Gasteiger partial charge >= 0.3 is 0 Å². The molecule has 0 aliphatic heterocycles. The minimum Gasteiger partial charge on any atom is -0.326 e. The van der Waals surface area contributed by atoms with Crippen molar-refractivity contribution in [2.24, 2.45) is 5.92 Å². The van der Waals surface area contributed by atoms with Crippen molar-refractivity contribution in [3.8, 4) is 0 Å². The highest BCUT2D eigenvalue weighted by molar-refractivity contribution is 6.33. The molecule has 0 radical (unpaired) electrons. The van der Waals surface area contributed by atoms with Crippen LogP contribution >= 0.6 is 23.2 Å². The van der Waals surface area contributed by atoms with E-state index in [-0.39, 0.29) is 33.8 Å². The van der Waals surface area contributed by atoms with Crippen molar-refractivity contribution in [1.29, 1.82) is 0 Å². The first kappa shape index (κ1) is 19.6. The van der Waals surface area contributed by atoms with E-state index in [0.29, 0.717) is 36.0 Å². The summed E-state index contributed by atoms with van der Waals surface area (Å²) in [5, 5.41) is 3.97. The SMILES string of the molecule is Cc1cc2cc(NC(=O)C3CCC(=O)C3)ccc2n1C(=O)c1cc(Cl)nc(Cl)c1. The Kier molecular flexibility index (Phi) is 5.15. The number of aromatic nitrogens is 2. The molecular weight excluding hydrogens is 413 g/mol. The second kappa shape index (κ2) is 7.61. The third-order valence-electron chi connectivity index (χ3n) is 5.08. The fraction of sp³-hybridized carbons (Fsp3) is 0.238. The first-order valence-electron chi connectivity index (χ1n) is 9.14. The zero-order valence-electron chi connectivity index (χ0n) is 15.5. The molecule has 1 aliphatic carbocycles. The Morgan fingerprint density at radius 3 is 2.52 bits per heavy atom. The molecule has 6 nitrogen and oxygen atoms in total. The predicted octanol–water partition coefficient (Wildman–Crippen LogP) is 4.65. The van der Waals surface area contributed by atoms with Crippen molar-refractivity contribution in [1.82, 2.24) is 9.55 Å². The number of hydrogen-bond donors (Lipinski definition) is 1. The Bertz CT molecular complexity index is 1150. The maximum atomic E-state index is 13.0. The second-order valence-electron chi connectivity index (χ2n) is 7.17. The van der Waals surface area contributed by atoms with E-state index in [9.17, 15) is 14.4 Å². The van der Waals surface area contributed by atoms with Crippen molar-refractivity contribution in [2.75, 3.05) is 5.32 Å². The van der Waals surface area contributed by atoms with E-state index in [4.69, 9.17) is 23.2 Å². The van der Waals surface area contributed by atoms with E-state index >= 15 is 0 Å². The molecule has 1 unspecified atom stereocenters. The van der Waals surface area contributed by atoms with Crippen molar-refractivity contribution < 1.29 is 14.4 Å². The zero-order valence-corrected chi connectivity index (χ0v) is 17.0. The molecule has 148 valence electrons. The molecule has 1 aliphatic rings. The molecule has 1 amide bonds. The summed E-state index contributed by atoms with van der Waals surface area (Å²) < 4.78 is 1.57. The normalized spacial score (nSPS) is 16.4. The third-order valence-corrected chi connectivity index (χ3v) is 5.47. The molecule has 0 spiro atoms. The Labute approximate surface area is 176 Å². The number of rotatable bonds is 3. The molecule has 2 aromatic heterocycles. The number of benzene rings is 1. The summed E-state index contributed by atoms with van der Waals surface area (Å²) >= 11 is 11.9. The van der Waals surface area contributed by atoms with Gasteiger partial charge < -0.3 is 5.32 Å². The molecule has 3 aromatic rings. The number of fused-ring (bicyclic) bond motifs is 1. The zero-order chi connectivity index (χ0) is 20.7. The van der Waals surface area contributed by atoms with Gasteiger partial charge in [0.05, 0.1) is 5.52 Å². The van der Waals surface area contributed by atoms with E-state index in [1.807, 2.05) is 19.1 Å². The summed E-state index contributed by atoms with van der Waals surface area (Å²) in [5.41, 5.74) is 2.39. The van der Waals surface area contributed by atoms with Crippen LogP contribution in [-0.4, -0.2) is 27.1 Å². The van der Waals surface area contributed by atoms with Crippen LogP contribution in [0.3, 0.4) is 0 Å². The summed E-state index contributed by atoms with van der Waals surface area (Å²) in [5.74, 6) is -0.566. The lowest BCUT2D eigenvalue weighted by Crippen LogP contribution is -2.20. The highest BCUT2D eigenvalue weighted by atomic mass is 35.5. The van der Waals surface area contributed by atoms with Crippen molar-refractivity contribution in [3.63, 3.8) is 0 Å². The number of nitrogens with one attached hydrogen (secondary N) is 1. The van der Waals surface area contributed by atoms with Gasteiger partial charge in [0, 0.05) is 41.1 Å². The van der Waals surface area contributed by atoms with Crippen LogP contribution in [0.4, 0.5) is 5.69 Å². The molecular formula is C21H17Cl2N3O3. The van der Waals surface area contributed by atoms with Crippen LogP contribution in [0.5, 0.6) is 0 Å². The fourth-order valence-electron chi connectivity index (χ4n) is 3.70. The van der Waals surface area contributed by atoms with Crippen LogP contribution < -0.4 is 5.32 Å². The highest BCUT2D eigenvalue weighted by Gasteiger charge is 2.28. The molecule has 1 N–H and O–H groups in total. The van der Waals surface area contributed by atoms with Gasteiger partial charge in [0.2, 0.25) is 5.91 Å². The number of anilines is 1. The number of hydrogen-bond acceptors (Lipinski definition) is 4. The van der Waals surface area contributed by atoms with E-state index in [1.165, 1.54) is 12.1 Å². The van der Waals surface area contributed by atoms with E-state index in [2.05, 4.69) is 10.3 Å². The number of carbonyl (C=O) groups is 3. The number of carbonyl (C=O) groups excluding carboxylic acids is 3. The maximum absolute atomic E-state index is 13.0. The Morgan fingerprint density at radius 2 is 1.86 bits per heavy atom. The minimum atomic E-state index is -0.273. The molecule has 29 heavy (non-hydrogen) atoms. The molecule has 2 heterocycles. The average molecular weight is 430 g/mol. The number of pyridine rings is 1. The lowest BCUT2D eigenvalue weighted by atomic mass is 10.1. The summed E-state index contributed by atoms with van der Waals surface area (Å²) in [6.07, 6.45) is 1.35. The van der Waals surface area contributed by atoms with Crippen LogP contribution in [0, 0.1) is 12.8 Å². The molecule has 0 bridgehead atoms. The molecule has 1 atom stereocenters. The van der Waals surface area contributed by atoms with Gasteiger partial charge in [0.1, 0.15) is 16.1 Å². The third kappa shape index (κ3) is 3.91. The van der Waals surface area contributed by atoms with Crippen LogP contribution in [0.25, 0.3) is 10.9 Å². The molecule has 8 heteroatoms. The molecule has 1 saturated carbocycles.